The van der Waals surface area contributed by atoms with Gasteiger partial charge in [-0.1, -0.05) is 12.8 Å². The van der Waals surface area contributed by atoms with Crippen LogP contribution in [0.3, 0.4) is 0 Å². The van der Waals surface area contributed by atoms with Crippen LogP contribution in [-0.4, -0.2) is 15.8 Å². The number of aliphatic hydroxyl groups is 1. The summed E-state index contributed by atoms with van der Waals surface area (Å²) in [7, 11) is 0. The fourth-order valence-corrected chi connectivity index (χ4v) is 2.82. The van der Waals surface area contributed by atoms with Crippen LogP contribution in [-0.2, 0) is 0 Å². The first-order valence-electron chi connectivity index (χ1n) is 6.13. The van der Waals surface area contributed by atoms with Gasteiger partial charge in [0.1, 0.15) is 11.9 Å². The van der Waals surface area contributed by atoms with Gasteiger partial charge in [0.2, 0.25) is 0 Å². The molecule has 2 unspecified atom stereocenters. The van der Waals surface area contributed by atoms with Crippen LogP contribution in [0.15, 0.2) is 0 Å². The lowest BCUT2D eigenvalue weighted by Crippen LogP contribution is -2.29. The summed E-state index contributed by atoms with van der Waals surface area (Å²) in [6.07, 6.45) is 3.60. The Morgan fingerprint density at radius 3 is 2.53 bits per heavy atom. The van der Waals surface area contributed by atoms with Gasteiger partial charge in [0, 0.05) is 5.69 Å². The number of nitriles is 1. The molecule has 92 valence electrons. The molecule has 3 N–H and O–H groups in total. The lowest BCUT2D eigenvalue weighted by Gasteiger charge is -2.31. The lowest BCUT2D eigenvalue weighted by atomic mass is 9.92. The molecule has 1 heterocycles. The van der Waals surface area contributed by atoms with E-state index in [1.807, 2.05) is 18.4 Å². The van der Waals surface area contributed by atoms with Gasteiger partial charge >= 0.3 is 0 Å². The van der Waals surface area contributed by atoms with Crippen molar-refractivity contribution in [3.05, 3.63) is 16.8 Å². The van der Waals surface area contributed by atoms with E-state index in [0.717, 1.165) is 36.9 Å². The molecule has 2 rings (SSSR count). The first kappa shape index (κ1) is 12.0. The Labute approximate surface area is 102 Å². The summed E-state index contributed by atoms with van der Waals surface area (Å²) in [5.41, 5.74) is 8.53. The molecule has 1 aromatic rings. The minimum Gasteiger partial charge on any atom is -0.391 e. The van der Waals surface area contributed by atoms with Crippen molar-refractivity contribution in [1.82, 2.24) is 4.57 Å². The van der Waals surface area contributed by atoms with E-state index in [4.69, 9.17) is 11.0 Å². The molecule has 4 nitrogen and oxygen atoms in total. The maximum absolute atomic E-state index is 10.1. The number of rotatable bonds is 1. The summed E-state index contributed by atoms with van der Waals surface area (Å²) in [6, 6.07) is 2.18. The molecule has 1 saturated carbocycles. The smallest absolute Gasteiger partial charge is 0.122 e. The number of anilines is 1. The normalized spacial score (nSPS) is 24.6. The van der Waals surface area contributed by atoms with E-state index in [1.165, 1.54) is 0 Å². The quantitative estimate of drug-likeness (QED) is 0.779. The summed E-state index contributed by atoms with van der Waals surface area (Å²) in [6.45, 7) is 3.88. The topological polar surface area (TPSA) is 75.0 Å². The zero-order chi connectivity index (χ0) is 12.6. The van der Waals surface area contributed by atoms with Crippen LogP contribution in [0.1, 0.15) is 48.5 Å². The van der Waals surface area contributed by atoms with Crippen LogP contribution in [0.5, 0.6) is 0 Å². The number of hydrogen-bond donors (Lipinski definition) is 2. The van der Waals surface area contributed by atoms with Crippen molar-refractivity contribution < 1.29 is 5.11 Å². The van der Waals surface area contributed by atoms with Gasteiger partial charge in [-0.25, -0.2) is 0 Å². The Balaban J connectivity index is 2.48. The average molecular weight is 233 g/mol. The van der Waals surface area contributed by atoms with E-state index < -0.39 is 0 Å². The van der Waals surface area contributed by atoms with Crippen molar-refractivity contribution in [2.24, 2.45) is 0 Å². The maximum Gasteiger partial charge on any atom is 0.122 e. The molecule has 0 bridgehead atoms. The van der Waals surface area contributed by atoms with Crippen molar-refractivity contribution in [2.75, 3.05) is 5.73 Å². The number of aromatic nitrogens is 1. The third-order valence-corrected chi connectivity index (χ3v) is 3.93. The van der Waals surface area contributed by atoms with E-state index in [9.17, 15) is 5.11 Å². The molecular formula is C13H19N3O. The Kier molecular flexibility index (Phi) is 3.12. The minimum absolute atomic E-state index is 0.0320. The molecule has 17 heavy (non-hydrogen) atoms. The molecule has 1 aliphatic carbocycles. The minimum atomic E-state index is -0.344. The van der Waals surface area contributed by atoms with E-state index in [1.54, 1.807) is 0 Å². The molecule has 1 aromatic heterocycles. The van der Waals surface area contributed by atoms with Gasteiger partial charge < -0.3 is 15.4 Å². The Bertz CT molecular complexity index is 470. The van der Waals surface area contributed by atoms with Gasteiger partial charge in [0.15, 0.2) is 0 Å². The van der Waals surface area contributed by atoms with Gasteiger partial charge in [0.25, 0.3) is 0 Å². The monoisotopic (exact) mass is 233 g/mol. The van der Waals surface area contributed by atoms with E-state index >= 15 is 0 Å². The first-order valence-corrected chi connectivity index (χ1v) is 6.13. The second-order valence-corrected chi connectivity index (χ2v) is 4.87. The van der Waals surface area contributed by atoms with Gasteiger partial charge in [-0.3, -0.25) is 0 Å². The highest BCUT2D eigenvalue weighted by atomic mass is 16.3. The predicted octanol–water partition coefficient (Wildman–Crippen LogP) is 2.03. The summed E-state index contributed by atoms with van der Waals surface area (Å²) in [4.78, 5) is 0. The third-order valence-electron chi connectivity index (χ3n) is 3.93. The molecule has 0 aliphatic heterocycles. The summed E-state index contributed by atoms with van der Waals surface area (Å²) in [5, 5.41) is 19.2. The molecule has 0 aromatic carbocycles. The zero-order valence-electron chi connectivity index (χ0n) is 10.4. The summed E-state index contributed by atoms with van der Waals surface area (Å²) < 4.78 is 1.96. The molecule has 0 amide bonds. The highest BCUT2D eigenvalue weighted by molar-refractivity contribution is 5.58. The van der Waals surface area contributed by atoms with E-state index in [0.29, 0.717) is 11.4 Å². The molecule has 4 heteroatoms. The van der Waals surface area contributed by atoms with Crippen molar-refractivity contribution in [3.8, 4) is 6.07 Å². The lowest BCUT2D eigenvalue weighted by molar-refractivity contribution is 0.0757. The fraction of sp³-hybridized carbons (Fsp3) is 0.615. The van der Waals surface area contributed by atoms with Crippen LogP contribution in [0.25, 0.3) is 0 Å². The first-order chi connectivity index (χ1) is 8.07. The second kappa shape index (κ2) is 4.42. The predicted molar refractivity (Wildman–Crippen MR) is 66.5 cm³/mol. The molecule has 0 radical (unpaired) electrons. The molecule has 0 spiro atoms. The van der Waals surface area contributed by atoms with Crippen LogP contribution in [0.4, 0.5) is 5.82 Å². The Hall–Kier alpha value is -1.47. The molecule has 1 aliphatic rings. The summed E-state index contributed by atoms with van der Waals surface area (Å²) >= 11 is 0. The van der Waals surface area contributed by atoms with Gasteiger partial charge in [-0.2, -0.15) is 5.26 Å². The van der Waals surface area contributed by atoms with Gasteiger partial charge in [0.05, 0.1) is 17.7 Å². The summed E-state index contributed by atoms with van der Waals surface area (Å²) in [5.74, 6) is 0.508. The fourth-order valence-electron chi connectivity index (χ4n) is 2.82. The zero-order valence-corrected chi connectivity index (χ0v) is 10.4. The van der Waals surface area contributed by atoms with Crippen LogP contribution >= 0.6 is 0 Å². The number of hydrogen-bond acceptors (Lipinski definition) is 3. The maximum atomic E-state index is 10.1. The van der Waals surface area contributed by atoms with Crippen LogP contribution in [0, 0.1) is 25.2 Å². The second-order valence-electron chi connectivity index (χ2n) is 4.87. The Morgan fingerprint density at radius 1 is 1.35 bits per heavy atom. The molecular weight excluding hydrogens is 214 g/mol. The van der Waals surface area contributed by atoms with Crippen LogP contribution < -0.4 is 5.73 Å². The number of nitrogens with two attached hydrogens (primary N) is 1. The van der Waals surface area contributed by atoms with E-state index in [2.05, 4.69) is 6.07 Å². The number of nitrogen functional groups attached to an aromatic ring is 1. The average Bonchev–Trinajstić information content (AvgIpc) is 2.52. The SMILES string of the molecule is Cc1c(C#N)c(N)n(C2CCCCC2O)c1C. The van der Waals surface area contributed by atoms with Crippen molar-refractivity contribution >= 4 is 5.82 Å². The largest absolute Gasteiger partial charge is 0.391 e. The van der Waals surface area contributed by atoms with Crippen molar-refractivity contribution in [3.63, 3.8) is 0 Å². The Morgan fingerprint density at radius 2 is 2.00 bits per heavy atom. The molecule has 1 fully saturated rings. The molecule has 0 saturated heterocycles. The number of nitrogens with zero attached hydrogens (tertiary/aromatic N) is 2. The third kappa shape index (κ3) is 1.81. The van der Waals surface area contributed by atoms with Crippen molar-refractivity contribution in [2.45, 2.75) is 51.7 Å². The number of aliphatic hydroxyl groups excluding tert-OH is 1. The van der Waals surface area contributed by atoms with Gasteiger partial charge in [-0.05, 0) is 32.3 Å². The van der Waals surface area contributed by atoms with E-state index in [-0.39, 0.29) is 12.1 Å². The highest BCUT2D eigenvalue weighted by Crippen LogP contribution is 2.35. The van der Waals surface area contributed by atoms with Crippen LogP contribution in [0.2, 0.25) is 0 Å². The van der Waals surface area contributed by atoms with Crippen molar-refractivity contribution in [1.29, 1.82) is 5.26 Å². The van der Waals surface area contributed by atoms with Gasteiger partial charge in [-0.15, -0.1) is 0 Å². The molecule has 2 atom stereocenters. The highest BCUT2D eigenvalue weighted by Gasteiger charge is 2.29. The standard InChI is InChI=1S/C13H19N3O/c1-8-9(2)16(13(15)10(8)7-14)11-5-3-4-6-12(11)17/h11-12,17H,3-6,15H2,1-2H3.